The Kier molecular flexibility index (Phi) is 4.03. The number of hydrogen-bond donors (Lipinski definition) is 0. The van der Waals surface area contributed by atoms with Crippen molar-refractivity contribution in [2.45, 2.75) is 19.9 Å². The second kappa shape index (κ2) is 5.09. The summed E-state index contributed by atoms with van der Waals surface area (Å²) in [5.74, 6) is -0.328. The molecule has 0 radical (unpaired) electrons. The maximum Gasteiger partial charge on any atom is 0.117 e. The molecule has 3 heteroatoms. The summed E-state index contributed by atoms with van der Waals surface area (Å²) in [6.45, 7) is 13.0. The molecule has 0 N–H and O–H groups in total. The van der Waals surface area contributed by atoms with Crippen LogP contribution >= 0.6 is 0 Å². The number of likely N-dealkylation sites (tertiary alicyclic amines) is 1. The zero-order valence-electron chi connectivity index (χ0n) is 9.83. The Labute approximate surface area is 96.4 Å². The normalized spacial score (nSPS) is 18.1. The molecule has 16 heavy (non-hydrogen) atoms. The maximum absolute atomic E-state index is 12.6. The molecule has 0 bridgehead atoms. The Morgan fingerprint density at radius 1 is 1.50 bits per heavy atom. The third-order valence-electron chi connectivity index (χ3n) is 2.90. The molecule has 1 heterocycles. The summed E-state index contributed by atoms with van der Waals surface area (Å²) in [4.78, 5) is 2.29. The van der Waals surface area contributed by atoms with E-state index in [1.807, 2.05) is 6.07 Å². The zero-order chi connectivity index (χ0) is 12.3. The molecule has 1 aliphatic heterocycles. The molecule has 2 nitrogen and oxygen atoms in total. The smallest absolute Gasteiger partial charge is 0.117 e. The van der Waals surface area contributed by atoms with E-state index in [1.165, 1.54) is 0 Å². The minimum atomic E-state index is -0.599. The van der Waals surface area contributed by atoms with Crippen molar-refractivity contribution < 1.29 is 4.39 Å². The van der Waals surface area contributed by atoms with E-state index in [0.717, 1.165) is 24.7 Å². The summed E-state index contributed by atoms with van der Waals surface area (Å²) in [5.41, 5.74) is 1.03. The van der Waals surface area contributed by atoms with Crippen molar-refractivity contribution in [1.82, 2.24) is 4.90 Å². The third kappa shape index (κ3) is 2.80. The van der Waals surface area contributed by atoms with Crippen LogP contribution < -0.4 is 0 Å². The number of nitriles is 1. The first kappa shape index (κ1) is 12.7. The van der Waals surface area contributed by atoms with E-state index in [9.17, 15) is 4.39 Å². The SMILES string of the molecule is C=C(F)/C=C(/C#N)C(=C)C1CN(C(C)C)C1. The van der Waals surface area contributed by atoms with Gasteiger partial charge in [-0.3, -0.25) is 4.90 Å². The first-order chi connectivity index (χ1) is 7.45. The predicted molar refractivity (Wildman–Crippen MR) is 63.3 cm³/mol. The highest BCUT2D eigenvalue weighted by Gasteiger charge is 2.31. The van der Waals surface area contributed by atoms with Crippen molar-refractivity contribution in [3.8, 4) is 6.07 Å². The van der Waals surface area contributed by atoms with Crippen LogP contribution in [0.15, 0.2) is 36.2 Å². The average Bonchev–Trinajstić information content (AvgIpc) is 2.10. The highest BCUT2D eigenvalue weighted by molar-refractivity contribution is 5.45. The molecule has 1 fully saturated rings. The van der Waals surface area contributed by atoms with Crippen LogP contribution in [0.3, 0.4) is 0 Å². The fraction of sp³-hybridized carbons (Fsp3) is 0.462. The van der Waals surface area contributed by atoms with Crippen molar-refractivity contribution in [3.63, 3.8) is 0 Å². The predicted octanol–water partition coefficient (Wildman–Crippen LogP) is 2.82. The summed E-state index contributed by atoms with van der Waals surface area (Å²) in [7, 11) is 0. The van der Waals surface area contributed by atoms with Crippen LogP contribution in [0.1, 0.15) is 13.8 Å². The Morgan fingerprint density at radius 3 is 2.44 bits per heavy atom. The monoisotopic (exact) mass is 220 g/mol. The van der Waals surface area contributed by atoms with Gasteiger partial charge in [0.25, 0.3) is 0 Å². The van der Waals surface area contributed by atoms with Crippen LogP contribution in [0.5, 0.6) is 0 Å². The van der Waals surface area contributed by atoms with Crippen molar-refractivity contribution in [2.24, 2.45) is 5.92 Å². The number of rotatable bonds is 4. The first-order valence-corrected chi connectivity index (χ1v) is 5.35. The lowest BCUT2D eigenvalue weighted by Crippen LogP contribution is -2.50. The molecule has 0 aromatic carbocycles. The van der Waals surface area contributed by atoms with Crippen LogP contribution in [-0.4, -0.2) is 24.0 Å². The van der Waals surface area contributed by atoms with Gasteiger partial charge < -0.3 is 0 Å². The standard InChI is InChI=1S/C13H17FN2/c1-9(2)16-7-13(8-16)11(4)12(6-15)5-10(3)14/h5,9,13H,3-4,7-8H2,1-2H3/b12-5-. The number of allylic oxidation sites excluding steroid dienone is 3. The molecule has 0 saturated carbocycles. The fourth-order valence-electron chi connectivity index (χ4n) is 1.73. The van der Waals surface area contributed by atoms with Gasteiger partial charge in [-0.15, -0.1) is 0 Å². The molecule has 0 aromatic rings. The van der Waals surface area contributed by atoms with E-state index in [2.05, 4.69) is 31.9 Å². The Balaban J connectivity index is 2.61. The van der Waals surface area contributed by atoms with Gasteiger partial charge >= 0.3 is 0 Å². The Bertz CT molecular complexity index is 368. The average molecular weight is 220 g/mol. The topological polar surface area (TPSA) is 27.0 Å². The minimum Gasteiger partial charge on any atom is -0.300 e. The van der Waals surface area contributed by atoms with Crippen molar-refractivity contribution >= 4 is 0 Å². The summed E-state index contributed by atoms with van der Waals surface area (Å²) in [6.07, 6.45) is 1.15. The molecule has 0 unspecified atom stereocenters. The molecule has 0 amide bonds. The lowest BCUT2D eigenvalue weighted by Gasteiger charge is -2.43. The highest BCUT2D eigenvalue weighted by atomic mass is 19.1. The lowest BCUT2D eigenvalue weighted by atomic mass is 9.87. The number of nitrogens with zero attached hydrogens (tertiary/aromatic N) is 2. The molecule has 0 aliphatic carbocycles. The van der Waals surface area contributed by atoms with Crippen molar-refractivity contribution in [1.29, 1.82) is 5.26 Å². The summed E-state index contributed by atoms with van der Waals surface area (Å²) in [6, 6.07) is 2.48. The van der Waals surface area contributed by atoms with E-state index in [0.29, 0.717) is 11.6 Å². The molecule has 1 rings (SSSR count). The van der Waals surface area contributed by atoms with Gasteiger partial charge in [0, 0.05) is 25.0 Å². The molecule has 1 aliphatic rings. The second-order valence-electron chi connectivity index (χ2n) is 4.39. The Hall–Kier alpha value is -1.40. The zero-order valence-corrected chi connectivity index (χ0v) is 9.83. The number of hydrogen-bond acceptors (Lipinski definition) is 2. The van der Waals surface area contributed by atoms with Gasteiger partial charge in [0.2, 0.25) is 0 Å². The summed E-state index contributed by atoms with van der Waals surface area (Å²) < 4.78 is 12.6. The van der Waals surface area contributed by atoms with Crippen LogP contribution in [0.2, 0.25) is 0 Å². The van der Waals surface area contributed by atoms with E-state index in [1.54, 1.807) is 0 Å². The fourth-order valence-corrected chi connectivity index (χ4v) is 1.73. The van der Waals surface area contributed by atoms with Gasteiger partial charge in [-0.1, -0.05) is 13.2 Å². The van der Waals surface area contributed by atoms with Gasteiger partial charge in [0.05, 0.1) is 11.6 Å². The molecule has 0 aromatic heterocycles. The molecular formula is C13H17FN2. The van der Waals surface area contributed by atoms with Crippen molar-refractivity contribution in [3.05, 3.63) is 36.2 Å². The van der Waals surface area contributed by atoms with E-state index in [4.69, 9.17) is 5.26 Å². The third-order valence-corrected chi connectivity index (χ3v) is 2.90. The van der Waals surface area contributed by atoms with Gasteiger partial charge in [0.15, 0.2) is 0 Å². The molecule has 1 saturated heterocycles. The van der Waals surface area contributed by atoms with Gasteiger partial charge in [-0.2, -0.15) is 5.26 Å². The van der Waals surface area contributed by atoms with Crippen molar-refractivity contribution in [2.75, 3.05) is 13.1 Å². The lowest BCUT2D eigenvalue weighted by molar-refractivity contribution is 0.0895. The summed E-state index contributed by atoms with van der Waals surface area (Å²) in [5, 5.41) is 8.89. The molecule has 86 valence electrons. The molecule has 0 spiro atoms. The number of halogens is 1. The second-order valence-corrected chi connectivity index (χ2v) is 4.39. The first-order valence-electron chi connectivity index (χ1n) is 5.35. The highest BCUT2D eigenvalue weighted by Crippen LogP contribution is 2.28. The maximum atomic E-state index is 12.6. The van der Waals surface area contributed by atoms with E-state index >= 15 is 0 Å². The quantitative estimate of drug-likeness (QED) is 0.538. The van der Waals surface area contributed by atoms with Gasteiger partial charge in [0.1, 0.15) is 5.83 Å². The van der Waals surface area contributed by atoms with Gasteiger partial charge in [-0.05, 0) is 25.5 Å². The largest absolute Gasteiger partial charge is 0.300 e. The van der Waals surface area contributed by atoms with Gasteiger partial charge in [-0.25, -0.2) is 4.39 Å². The minimum absolute atomic E-state index is 0.271. The molecular weight excluding hydrogens is 203 g/mol. The van der Waals surface area contributed by atoms with Crippen LogP contribution in [0.4, 0.5) is 4.39 Å². The van der Waals surface area contributed by atoms with Crippen LogP contribution in [-0.2, 0) is 0 Å². The van der Waals surface area contributed by atoms with Crippen LogP contribution in [0, 0.1) is 17.2 Å². The Morgan fingerprint density at radius 2 is 2.06 bits per heavy atom. The molecule has 0 atom stereocenters. The van der Waals surface area contributed by atoms with E-state index in [-0.39, 0.29) is 5.92 Å². The van der Waals surface area contributed by atoms with E-state index < -0.39 is 5.83 Å². The summed E-state index contributed by atoms with van der Waals surface area (Å²) >= 11 is 0. The van der Waals surface area contributed by atoms with Crippen LogP contribution in [0.25, 0.3) is 0 Å².